The van der Waals surface area contributed by atoms with E-state index in [1.54, 1.807) is 12.4 Å². The van der Waals surface area contributed by atoms with Crippen molar-refractivity contribution in [3.63, 3.8) is 0 Å². The molecule has 82 valence electrons. The number of aromatic nitrogens is 2. The number of hydrogen-bond donors (Lipinski definition) is 2. The van der Waals surface area contributed by atoms with E-state index in [0.717, 1.165) is 31.2 Å². The number of rotatable bonds is 4. The number of nitrogens with zero attached hydrogens (tertiary/aromatic N) is 2. The molecule has 1 aliphatic rings. The molecule has 1 aromatic rings. The summed E-state index contributed by atoms with van der Waals surface area (Å²) in [6.07, 6.45) is 7.89. The van der Waals surface area contributed by atoms with E-state index in [9.17, 15) is 0 Å². The summed E-state index contributed by atoms with van der Waals surface area (Å²) in [5.41, 5.74) is 1.02. The second-order valence-electron chi connectivity index (χ2n) is 4.04. The topological polar surface area (TPSA) is 49.8 Å². The zero-order chi connectivity index (χ0) is 10.3. The van der Waals surface area contributed by atoms with Crippen LogP contribution in [0, 0.1) is 5.92 Å². The van der Waals surface area contributed by atoms with Gasteiger partial charge in [0.1, 0.15) is 0 Å². The van der Waals surface area contributed by atoms with Gasteiger partial charge in [0.25, 0.3) is 0 Å². The molecule has 0 bridgehead atoms. The lowest BCUT2D eigenvalue weighted by Crippen LogP contribution is -2.35. The molecule has 0 spiro atoms. The van der Waals surface area contributed by atoms with E-state index in [2.05, 4.69) is 20.6 Å². The van der Waals surface area contributed by atoms with Crippen LogP contribution in [0.3, 0.4) is 0 Å². The lowest BCUT2D eigenvalue weighted by atomic mass is 10.00. The molecule has 2 N–H and O–H groups in total. The maximum absolute atomic E-state index is 4.22. The van der Waals surface area contributed by atoms with Gasteiger partial charge in [-0.25, -0.2) is 0 Å². The molecule has 2 heterocycles. The molecular formula is C11H18N4. The van der Waals surface area contributed by atoms with E-state index >= 15 is 0 Å². The molecule has 1 aromatic heterocycles. The van der Waals surface area contributed by atoms with Gasteiger partial charge in [-0.2, -0.15) is 0 Å². The first-order valence-corrected chi connectivity index (χ1v) is 5.61. The van der Waals surface area contributed by atoms with Crippen molar-refractivity contribution in [3.8, 4) is 0 Å². The molecule has 4 nitrogen and oxygen atoms in total. The predicted octanol–water partition coefficient (Wildman–Crippen LogP) is 0.566. The Labute approximate surface area is 90.5 Å². The van der Waals surface area contributed by atoms with E-state index in [1.807, 2.05) is 6.20 Å². The first-order valence-electron chi connectivity index (χ1n) is 5.61. The van der Waals surface area contributed by atoms with Crippen LogP contribution < -0.4 is 10.6 Å². The van der Waals surface area contributed by atoms with Crippen LogP contribution in [-0.2, 0) is 6.54 Å². The summed E-state index contributed by atoms with van der Waals surface area (Å²) in [4.78, 5) is 8.26. The Morgan fingerprint density at radius 2 is 2.47 bits per heavy atom. The van der Waals surface area contributed by atoms with E-state index in [1.165, 1.54) is 19.4 Å². The Balaban J connectivity index is 1.66. The fourth-order valence-electron chi connectivity index (χ4n) is 1.92. The van der Waals surface area contributed by atoms with Gasteiger partial charge in [-0.05, 0) is 38.4 Å². The van der Waals surface area contributed by atoms with E-state index in [-0.39, 0.29) is 0 Å². The number of piperidine rings is 1. The zero-order valence-corrected chi connectivity index (χ0v) is 8.95. The Kier molecular flexibility index (Phi) is 4.05. The van der Waals surface area contributed by atoms with Crippen molar-refractivity contribution in [3.05, 3.63) is 24.3 Å². The molecule has 2 rings (SSSR count). The highest BCUT2D eigenvalue weighted by Gasteiger charge is 2.11. The highest BCUT2D eigenvalue weighted by Crippen LogP contribution is 2.08. The largest absolute Gasteiger partial charge is 0.316 e. The average molecular weight is 206 g/mol. The molecule has 0 aliphatic carbocycles. The minimum absolute atomic E-state index is 0.774. The monoisotopic (exact) mass is 206 g/mol. The van der Waals surface area contributed by atoms with Crippen molar-refractivity contribution in [2.24, 2.45) is 5.92 Å². The summed E-state index contributed by atoms with van der Waals surface area (Å²) in [5, 5.41) is 6.84. The molecule has 0 saturated carbocycles. The van der Waals surface area contributed by atoms with Crippen LogP contribution in [0.2, 0.25) is 0 Å². The predicted molar refractivity (Wildman–Crippen MR) is 59.3 cm³/mol. The molecule has 1 saturated heterocycles. The molecule has 0 amide bonds. The van der Waals surface area contributed by atoms with Crippen molar-refractivity contribution in [1.29, 1.82) is 0 Å². The Morgan fingerprint density at radius 1 is 1.47 bits per heavy atom. The van der Waals surface area contributed by atoms with Crippen LogP contribution in [0.5, 0.6) is 0 Å². The van der Waals surface area contributed by atoms with Crippen molar-refractivity contribution in [2.45, 2.75) is 19.4 Å². The minimum atomic E-state index is 0.774. The van der Waals surface area contributed by atoms with Gasteiger partial charge >= 0.3 is 0 Å². The van der Waals surface area contributed by atoms with Crippen LogP contribution in [0.25, 0.3) is 0 Å². The summed E-state index contributed by atoms with van der Waals surface area (Å²) in [6, 6.07) is 0. The van der Waals surface area contributed by atoms with E-state index in [0.29, 0.717) is 0 Å². The molecule has 0 aromatic carbocycles. The smallest absolute Gasteiger partial charge is 0.0724 e. The third kappa shape index (κ3) is 3.57. The summed E-state index contributed by atoms with van der Waals surface area (Å²) >= 11 is 0. The first kappa shape index (κ1) is 10.5. The SMILES string of the molecule is c1cnc(CNCC2CCCNC2)cn1. The van der Waals surface area contributed by atoms with E-state index in [4.69, 9.17) is 0 Å². The molecule has 1 aliphatic heterocycles. The normalized spacial score (nSPS) is 21.5. The van der Waals surface area contributed by atoms with Crippen molar-refractivity contribution < 1.29 is 0 Å². The van der Waals surface area contributed by atoms with Crippen LogP contribution in [0.4, 0.5) is 0 Å². The Morgan fingerprint density at radius 3 is 3.20 bits per heavy atom. The molecule has 0 radical (unpaired) electrons. The fraction of sp³-hybridized carbons (Fsp3) is 0.636. The second-order valence-corrected chi connectivity index (χ2v) is 4.04. The fourth-order valence-corrected chi connectivity index (χ4v) is 1.92. The highest BCUT2D eigenvalue weighted by atomic mass is 14.9. The van der Waals surface area contributed by atoms with Crippen LogP contribution >= 0.6 is 0 Å². The third-order valence-electron chi connectivity index (χ3n) is 2.75. The molecule has 15 heavy (non-hydrogen) atoms. The van der Waals surface area contributed by atoms with Gasteiger partial charge in [-0.1, -0.05) is 0 Å². The van der Waals surface area contributed by atoms with Gasteiger partial charge in [0.05, 0.1) is 5.69 Å². The second kappa shape index (κ2) is 5.78. The van der Waals surface area contributed by atoms with Crippen molar-refractivity contribution in [1.82, 2.24) is 20.6 Å². The third-order valence-corrected chi connectivity index (χ3v) is 2.75. The molecule has 4 heteroatoms. The lowest BCUT2D eigenvalue weighted by Gasteiger charge is -2.22. The van der Waals surface area contributed by atoms with Gasteiger partial charge in [0.2, 0.25) is 0 Å². The summed E-state index contributed by atoms with van der Waals surface area (Å²) < 4.78 is 0. The quantitative estimate of drug-likeness (QED) is 0.756. The molecular weight excluding hydrogens is 188 g/mol. The number of hydrogen-bond acceptors (Lipinski definition) is 4. The van der Waals surface area contributed by atoms with Crippen molar-refractivity contribution in [2.75, 3.05) is 19.6 Å². The first-order chi connectivity index (χ1) is 7.45. The zero-order valence-electron chi connectivity index (χ0n) is 8.95. The maximum atomic E-state index is 4.22. The lowest BCUT2D eigenvalue weighted by molar-refractivity contribution is 0.359. The van der Waals surface area contributed by atoms with Gasteiger partial charge in [-0.15, -0.1) is 0 Å². The van der Waals surface area contributed by atoms with Gasteiger partial charge < -0.3 is 10.6 Å². The van der Waals surface area contributed by atoms with Gasteiger partial charge in [0.15, 0.2) is 0 Å². The molecule has 1 unspecified atom stereocenters. The average Bonchev–Trinajstić information content (AvgIpc) is 2.32. The van der Waals surface area contributed by atoms with Crippen molar-refractivity contribution >= 4 is 0 Å². The van der Waals surface area contributed by atoms with Crippen LogP contribution in [0.15, 0.2) is 18.6 Å². The highest BCUT2D eigenvalue weighted by molar-refractivity contribution is 4.93. The Hall–Kier alpha value is -1.00. The minimum Gasteiger partial charge on any atom is -0.316 e. The maximum Gasteiger partial charge on any atom is 0.0724 e. The van der Waals surface area contributed by atoms with E-state index < -0.39 is 0 Å². The van der Waals surface area contributed by atoms with Gasteiger partial charge in [0, 0.05) is 25.1 Å². The Bertz CT molecular complexity index is 269. The molecule has 1 fully saturated rings. The van der Waals surface area contributed by atoms with Crippen LogP contribution in [-0.4, -0.2) is 29.6 Å². The summed E-state index contributed by atoms with van der Waals surface area (Å²) in [5.74, 6) is 0.774. The van der Waals surface area contributed by atoms with Crippen LogP contribution in [0.1, 0.15) is 18.5 Å². The summed E-state index contributed by atoms with van der Waals surface area (Å²) in [6.45, 7) is 4.22. The van der Waals surface area contributed by atoms with Gasteiger partial charge in [-0.3, -0.25) is 9.97 Å². The number of nitrogens with one attached hydrogen (secondary N) is 2. The standard InChI is InChI=1S/C11H18N4/c1-2-10(6-12-3-1)7-14-9-11-8-13-4-5-15-11/h4-5,8,10,12,14H,1-3,6-7,9H2. The molecule has 1 atom stereocenters. The summed E-state index contributed by atoms with van der Waals surface area (Å²) in [7, 11) is 0.